The molecule has 4 aliphatic rings. The Morgan fingerprint density at radius 3 is 2.43 bits per heavy atom. The van der Waals surface area contributed by atoms with Gasteiger partial charge in [0.2, 0.25) is 0 Å². The van der Waals surface area contributed by atoms with Crippen LogP contribution in [0.1, 0.15) is 82.9 Å². The number of benzene rings is 1. The van der Waals surface area contributed by atoms with Crippen molar-refractivity contribution < 1.29 is 21.6 Å². The van der Waals surface area contributed by atoms with Crippen LogP contribution in [0.3, 0.4) is 0 Å². The van der Waals surface area contributed by atoms with Gasteiger partial charge in [0.15, 0.2) is 9.84 Å². The highest BCUT2D eigenvalue weighted by molar-refractivity contribution is 7.91. The van der Waals surface area contributed by atoms with Crippen molar-refractivity contribution >= 4 is 32.4 Å². The van der Waals surface area contributed by atoms with Crippen LogP contribution in [0.25, 0.3) is 11.0 Å². The molecule has 1 aromatic carbocycles. The summed E-state index contributed by atoms with van der Waals surface area (Å²) in [6.45, 7) is 7.20. The lowest BCUT2D eigenvalue weighted by Crippen LogP contribution is -2.48. The van der Waals surface area contributed by atoms with Crippen molar-refractivity contribution in [2.75, 3.05) is 41.4 Å². The smallest absolute Gasteiger partial charge is 0.278 e. The second kappa shape index (κ2) is 13.4. The van der Waals surface area contributed by atoms with E-state index < -0.39 is 39.1 Å². The summed E-state index contributed by atoms with van der Waals surface area (Å²) in [5.74, 6) is -5.00. The first-order valence-corrected chi connectivity index (χ1v) is 18.7. The molecule has 13 heteroatoms. The first-order chi connectivity index (χ1) is 22.4. The highest BCUT2D eigenvalue weighted by Crippen LogP contribution is 2.45. The van der Waals surface area contributed by atoms with Gasteiger partial charge >= 0.3 is 0 Å². The first-order valence-electron chi connectivity index (χ1n) is 16.9. The van der Waals surface area contributed by atoms with Gasteiger partial charge in [0.25, 0.3) is 11.5 Å². The summed E-state index contributed by atoms with van der Waals surface area (Å²) < 4.78 is 74.3. The topological polar surface area (TPSA) is 100 Å². The zero-order chi connectivity index (χ0) is 33.5. The quantitative estimate of drug-likeness (QED) is 0.342. The van der Waals surface area contributed by atoms with Crippen LogP contribution in [0.2, 0.25) is 0 Å². The normalized spacial score (nSPS) is 28.5. The van der Waals surface area contributed by atoms with Gasteiger partial charge < -0.3 is 10.2 Å². The van der Waals surface area contributed by atoms with E-state index in [1.807, 2.05) is 6.92 Å². The lowest BCUT2D eigenvalue weighted by molar-refractivity contribution is -0.100. The molecule has 2 aromatic heterocycles. The van der Waals surface area contributed by atoms with E-state index in [0.717, 1.165) is 32.1 Å². The molecule has 9 nitrogen and oxygen atoms in total. The van der Waals surface area contributed by atoms with E-state index in [-0.39, 0.29) is 47.8 Å². The molecule has 0 aliphatic carbocycles. The van der Waals surface area contributed by atoms with Crippen molar-refractivity contribution in [2.24, 2.45) is 5.92 Å². The Kier molecular flexibility index (Phi) is 9.59. The molecule has 0 radical (unpaired) electrons. The number of piperidine rings is 1. The fraction of sp³-hybridized carbons (Fsp3) is 0.618. The number of anilines is 2. The Hall–Kier alpha value is -3.19. The zero-order valence-corrected chi connectivity index (χ0v) is 28.2. The fourth-order valence-electron chi connectivity index (χ4n) is 7.72. The number of sulfone groups is 1. The largest absolute Gasteiger partial charge is 0.365 e. The third-order valence-corrected chi connectivity index (χ3v) is 12.1. The van der Waals surface area contributed by atoms with Crippen molar-refractivity contribution in [3.05, 3.63) is 57.9 Å². The maximum Gasteiger partial charge on any atom is 0.278 e. The highest BCUT2D eigenvalue weighted by atomic mass is 32.2. The number of aryl methyl sites for hydroxylation is 1. The second-order valence-electron chi connectivity index (χ2n) is 13.6. The van der Waals surface area contributed by atoms with Gasteiger partial charge in [-0.2, -0.15) is 0 Å². The van der Waals surface area contributed by atoms with E-state index in [4.69, 9.17) is 0 Å². The average Bonchev–Trinajstić information content (AvgIpc) is 3.03. The number of halogens is 3. The molecule has 0 saturated carbocycles. The molecule has 256 valence electrons. The Bertz CT molecular complexity index is 1770. The van der Waals surface area contributed by atoms with E-state index in [2.05, 4.69) is 27.1 Å². The number of pyridine rings is 1. The standard InChI is InChI=1S/C34H45F3N6O3S/c1-22-9-6-4-5-7-13-43-32-27(20-29(33(43)44)41-15-17-47(45,46)18-16-41)31(38-21-39-32)40-24(3)26-10-8-11-28(30(26)35)34(36,37)25-12-14-42(22)23(2)19-25/h8,10-11,20-25H,4-7,9,12-19H2,1-3H3,(H,38,39,40)/t22?,23?,24-,25?/m1/s1. The Morgan fingerprint density at radius 2 is 1.68 bits per heavy atom. The van der Waals surface area contributed by atoms with Gasteiger partial charge in [0, 0.05) is 43.2 Å². The van der Waals surface area contributed by atoms with Crippen molar-refractivity contribution in [1.29, 1.82) is 0 Å². The maximum atomic E-state index is 16.1. The summed E-state index contributed by atoms with van der Waals surface area (Å²) in [5.41, 5.74) is 0.0223. The third kappa shape index (κ3) is 6.75. The van der Waals surface area contributed by atoms with Gasteiger partial charge in [-0.05, 0) is 59.1 Å². The van der Waals surface area contributed by atoms with E-state index in [1.165, 1.54) is 24.5 Å². The predicted octanol–water partition coefficient (Wildman–Crippen LogP) is 5.88. The Balaban J connectivity index is 1.42. The molecular formula is C34H45F3N6O3S. The minimum Gasteiger partial charge on any atom is -0.365 e. The molecule has 2 fully saturated rings. The van der Waals surface area contributed by atoms with Crippen LogP contribution in [0, 0.1) is 11.7 Å². The third-order valence-electron chi connectivity index (χ3n) is 10.5. The number of nitrogens with one attached hydrogen (secondary N) is 1. The van der Waals surface area contributed by atoms with Crippen LogP contribution >= 0.6 is 0 Å². The van der Waals surface area contributed by atoms with E-state index in [0.29, 0.717) is 48.5 Å². The minimum atomic E-state index is -3.34. The summed E-state index contributed by atoms with van der Waals surface area (Å²) in [6, 6.07) is 5.32. The van der Waals surface area contributed by atoms with Crippen LogP contribution in [-0.4, -0.2) is 71.1 Å². The molecule has 0 amide bonds. The van der Waals surface area contributed by atoms with Crippen molar-refractivity contribution in [3.8, 4) is 0 Å². The number of aromatic nitrogens is 3. The van der Waals surface area contributed by atoms with Gasteiger partial charge in [-0.25, -0.2) is 31.6 Å². The summed E-state index contributed by atoms with van der Waals surface area (Å²) >= 11 is 0. The number of hydrogen-bond acceptors (Lipinski definition) is 8. The molecule has 2 saturated heterocycles. The van der Waals surface area contributed by atoms with E-state index in [9.17, 15) is 13.2 Å². The number of alkyl halides is 2. The van der Waals surface area contributed by atoms with E-state index in [1.54, 1.807) is 22.5 Å². The molecular weight excluding hydrogens is 629 g/mol. The van der Waals surface area contributed by atoms with Gasteiger partial charge in [-0.3, -0.25) is 14.3 Å². The molecule has 1 N–H and O–H groups in total. The molecule has 8 bridgehead atoms. The molecule has 0 spiro atoms. The van der Waals surface area contributed by atoms with Gasteiger partial charge in [-0.1, -0.05) is 37.5 Å². The molecule has 7 rings (SSSR count). The molecule has 4 unspecified atom stereocenters. The molecule has 3 aromatic rings. The second-order valence-corrected chi connectivity index (χ2v) is 15.9. The van der Waals surface area contributed by atoms with Crippen LogP contribution in [0.4, 0.5) is 24.7 Å². The van der Waals surface area contributed by atoms with Crippen molar-refractivity contribution in [2.45, 2.75) is 96.3 Å². The van der Waals surface area contributed by atoms with Gasteiger partial charge in [0.05, 0.1) is 28.5 Å². The number of nitrogens with zero attached hydrogens (tertiary/aromatic N) is 5. The Labute approximate surface area is 274 Å². The van der Waals surface area contributed by atoms with Crippen LogP contribution in [0.15, 0.2) is 35.4 Å². The number of rotatable bonds is 1. The molecule has 5 atom stereocenters. The zero-order valence-electron chi connectivity index (χ0n) is 27.4. The van der Waals surface area contributed by atoms with Crippen LogP contribution < -0.4 is 15.8 Å². The minimum absolute atomic E-state index is 0.0400. The van der Waals surface area contributed by atoms with E-state index >= 15 is 13.2 Å². The van der Waals surface area contributed by atoms with Gasteiger partial charge in [-0.15, -0.1) is 0 Å². The summed E-state index contributed by atoms with van der Waals surface area (Å²) in [6.07, 6.45) is 6.48. The average molecular weight is 675 g/mol. The fourth-order valence-corrected chi connectivity index (χ4v) is 8.92. The SMILES string of the molecule is CC1CCCCCCn2c(=O)c(N3CCS(=O)(=O)CC3)cc3c(ncnc32)N[C@H](C)c2cccc(c2F)C(F)(F)C2CCN1C(C)C2. The lowest BCUT2D eigenvalue weighted by atomic mass is 9.82. The summed E-state index contributed by atoms with van der Waals surface area (Å²) in [4.78, 5) is 26.9. The van der Waals surface area contributed by atoms with Crippen LogP contribution in [-0.2, 0) is 22.3 Å². The number of fused-ring (bicyclic) bond motifs is 9. The number of hydrogen-bond donors (Lipinski definition) is 1. The van der Waals surface area contributed by atoms with Crippen molar-refractivity contribution in [3.63, 3.8) is 0 Å². The molecule has 6 heterocycles. The van der Waals surface area contributed by atoms with Gasteiger partial charge in [0.1, 0.15) is 29.3 Å². The first kappa shape index (κ1) is 33.7. The summed E-state index contributed by atoms with van der Waals surface area (Å²) in [7, 11) is -3.18. The van der Waals surface area contributed by atoms with Crippen LogP contribution in [0.5, 0.6) is 0 Å². The highest BCUT2D eigenvalue weighted by Gasteiger charge is 2.47. The molecule has 4 aliphatic heterocycles. The monoisotopic (exact) mass is 674 g/mol. The Morgan fingerprint density at radius 1 is 0.936 bits per heavy atom. The predicted molar refractivity (Wildman–Crippen MR) is 178 cm³/mol. The maximum absolute atomic E-state index is 16.1. The summed E-state index contributed by atoms with van der Waals surface area (Å²) in [5, 5.41) is 3.74. The lowest BCUT2D eigenvalue weighted by Gasteiger charge is -2.43. The van der Waals surface area contributed by atoms with Crippen molar-refractivity contribution in [1.82, 2.24) is 19.4 Å². The molecule has 47 heavy (non-hydrogen) atoms.